The lowest BCUT2D eigenvalue weighted by molar-refractivity contribution is 0.609. The Labute approximate surface area is 108 Å². The zero-order chi connectivity index (χ0) is 13.4. The first-order valence-electron chi connectivity index (χ1n) is 5.88. The minimum absolute atomic E-state index is 0.319. The van der Waals surface area contributed by atoms with E-state index in [0.717, 1.165) is 5.52 Å². The summed E-state index contributed by atoms with van der Waals surface area (Å²) in [5.74, 6) is 0.397. The molecule has 98 valence electrons. The fraction of sp³-hybridized carbons (Fsp3) is 0.250. The van der Waals surface area contributed by atoms with Gasteiger partial charge in [-0.15, -0.1) is 5.10 Å². The van der Waals surface area contributed by atoms with Crippen LogP contribution in [-0.2, 0) is 20.1 Å². The summed E-state index contributed by atoms with van der Waals surface area (Å²) in [4.78, 5) is 4.31. The van der Waals surface area contributed by atoms with Gasteiger partial charge in [-0.1, -0.05) is 11.3 Å². The summed E-state index contributed by atoms with van der Waals surface area (Å²) in [6.07, 6.45) is 1.76. The second kappa shape index (κ2) is 4.43. The lowest BCUT2D eigenvalue weighted by Gasteiger charge is -2.01. The number of para-hydroxylation sites is 1. The molecule has 0 aliphatic carbocycles. The maximum absolute atomic E-state index is 13.6. The van der Waals surface area contributed by atoms with E-state index in [9.17, 15) is 4.39 Å². The zero-order valence-electron chi connectivity index (χ0n) is 10.4. The van der Waals surface area contributed by atoms with Gasteiger partial charge in [0.25, 0.3) is 0 Å². The molecule has 0 fully saturated rings. The Balaban J connectivity index is 2.01. The smallest absolute Gasteiger partial charge is 0.151 e. The van der Waals surface area contributed by atoms with Gasteiger partial charge in [0.05, 0.1) is 17.4 Å². The van der Waals surface area contributed by atoms with Crippen LogP contribution in [0, 0.1) is 5.82 Å². The Kier molecular flexibility index (Phi) is 2.75. The van der Waals surface area contributed by atoms with Crippen molar-refractivity contribution in [1.82, 2.24) is 24.5 Å². The van der Waals surface area contributed by atoms with Crippen LogP contribution >= 0.6 is 0 Å². The van der Waals surface area contributed by atoms with Crippen molar-refractivity contribution in [2.45, 2.75) is 13.1 Å². The number of nitrogens with zero attached hydrogens (tertiary/aromatic N) is 5. The molecule has 2 heterocycles. The van der Waals surface area contributed by atoms with Gasteiger partial charge in [-0.05, 0) is 12.1 Å². The summed E-state index contributed by atoms with van der Waals surface area (Å²) in [6, 6.07) is 4.91. The lowest BCUT2D eigenvalue weighted by atomic mass is 10.3. The maximum Gasteiger partial charge on any atom is 0.151 e. The molecule has 19 heavy (non-hydrogen) atoms. The number of hydrogen-bond acceptors (Lipinski definition) is 4. The molecule has 3 aromatic rings. The van der Waals surface area contributed by atoms with Crippen LogP contribution in [-0.4, -0.2) is 24.5 Å². The van der Waals surface area contributed by atoms with E-state index >= 15 is 0 Å². The van der Waals surface area contributed by atoms with Crippen molar-refractivity contribution in [3.63, 3.8) is 0 Å². The minimum Gasteiger partial charge on any atom is -0.329 e. The highest BCUT2D eigenvalue weighted by atomic mass is 19.1. The second-order valence-electron chi connectivity index (χ2n) is 4.31. The molecule has 0 unspecified atom stereocenters. The van der Waals surface area contributed by atoms with E-state index in [4.69, 9.17) is 5.73 Å². The lowest BCUT2D eigenvalue weighted by Crippen LogP contribution is -2.06. The SMILES string of the molecule is Cn1c(Cn2cc(CN)nn2)nc2c(F)cccc21. The average molecular weight is 260 g/mol. The molecular weight excluding hydrogens is 247 g/mol. The van der Waals surface area contributed by atoms with Crippen molar-refractivity contribution in [2.24, 2.45) is 12.8 Å². The molecule has 0 aliphatic heterocycles. The van der Waals surface area contributed by atoms with E-state index in [2.05, 4.69) is 15.3 Å². The normalized spacial score (nSPS) is 11.3. The van der Waals surface area contributed by atoms with Crippen molar-refractivity contribution in [2.75, 3.05) is 0 Å². The van der Waals surface area contributed by atoms with Crippen LogP contribution in [0.15, 0.2) is 24.4 Å². The van der Waals surface area contributed by atoms with Crippen molar-refractivity contribution in [3.05, 3.63) is 41.7 Å². The number of aryl methyl sites for hydroxylation is 1. The van der Waals surface area contributed by atoms with Gasteiger partial charge in [-0.2, -0.15) is 0 Å². The molecule has 0 atom stereocenters. The molecule has 0 spiro atoms. The summed E-state index contributed by atoms with van der Waals surface area (Å²) >= 11 is 0. The Morgan fingerprint density at radius 3 is 2.89 bits per heavy atom. The van der Waals surface area contributed by atoms with Crippen molar-refractivity contribution >= 4 is 11.0 Å². The predicted molar refractivity (Wildman–Crippen MR) is 67.7 cm³/mol. The molecular formula is C12H13FN6. The third-order valence-corrected chi connectivity index (χ3v) is 3.05. The highest BCUT2D eigenvalue weighted by Gasteiger charge is 2.12. The van der Waals surface area contributed by atoms with Gasteiger partial charge < -0.3 is 10.3 Å². The number of imidazole rings is 1. The topological polar surface area (TPSA) is 74.5 Å². The third-order valence-electron chi connectivity index (χ3n) is 3.05. The molecule has 0 bridgehead atoms. The van der Waals surface area contributed by atoms with E-state index in [1.807, 2.05) is 17.7 Å². The molecule has 2 aromatic heterocycles. The van der Waals surface area contributed by atoms with Gasteiger partial charge in [0.15, 0.2) is 5.82 Å². The molecule has 1 aromatic carbocycles. The summed E-state index contributed by atoms with van der Waals surface area (Å²) in [7, 11) is 1.85. The number of fused-ring (bicyclic) bond motifs is 1. The first-order chi connectivity index (χ1) is 9.19. The molecule has 0 radical (unpaired) electrons. The zero-order valence-corrected chi connectivity index (χ0v) is 10.4. The number of rotatable bonds is 3. The van der Waals surface area contributed by atoms with Crippen molar-refractivity contribution in [3.8, 4) is 0 Å². The highest BCUT2D eigenvalue weighted by Crippen LogP contribution is 2.18. The van der Waals surface area contributed by atoms with E-state index < -0.39 is 0 Å². The Morgan fingerprint density at radius 1 is 1.37 bits per heavy atom. The van der Waals surface area contributed by atoms with Crippen LogP contribution in [0.25, 0.3) is 11.0 Å². The Morgan fingerprint density at radius 2 is 2.21 bits per heavy atom. The standard InChI is InChI=1S/C12H13FN6/c1-18-10-4-2-3-9(13)12(10)15-11(18)7-19-6-8(5-14)16-17-19/h2-4,6H,5,7,14H2,1H3. The number of aromatic nitrogens is 5. The quantitative estimate of drug-likeness (QED) is 0.756. The molecule has 0 amide bonds. The van der Waals surface area contributed by atoms with Crippen LogP contribution in [0.4, 0.5) is 4.39 Å². The predicted octanol–water partition coefficient (Wildman–Crippen LogP) is 0.811. The largest absolute Gasteiger partial charge is 0.329 e. The van der Waals surface area contributed by atoms with Gasteiger partial charge in [0.1, 0.15) is 17.9 Å². The van der Waals surface area contributed by atoms with Crippen LogP contribution in [0.2, 0.25) is 0 Å². The number of nitrogens with two attached hydrogens (primary N) is 1. The van der Waals surface area contributed by atoms with Crippen LogP contribution in [0.5, 0.6) is 0 Å². The molecule has 6 nitrogen and oxygen atoms in total. The van der Waals surface area contributed by atoms with E-state index in [1.54, 1.807) is 16.9 Å². The number of benzene rings is 1. The molecule has 7 heteroatoms. The first-order valence-corrected chi connectivity index (χ1v) is 5.88. The molecule has 3 rings (SSSR count). The van der Waals surface area contributed by atoms with Gasteiger partial charge >= 0.3 is 0 Å². The molecule has 0 aliphatic rings. The monoisotopic (exact) mass is 260 g/mol. The van der Waals surface area contributed by atoms with Gasteiger partial charge in [-0.25, -0.2) is 14.1 Å². The van der Waals surface area contributed by atoms with Gasteiger partial charge in [0.2, 0.25) is 0 Å². The summed E-state index contributed by atoms with van der Waals surface area (Å²) in [5.41, 5.74) is 7.33. The van der Waals surface area contributed by atoms with Gasteiger partial charge in [-0.3, -0.25) is 0 Å². The summed E-state index contributed by atoms with van der Waals surface area (Å²) in [5, 5.41) is 7.86. The highest BCUT2D eigenvalue weighted by molar-refractivity contribution is 5.76. The van der Waals surface area contributed by atoms with E-state index in [-0.39, 0.29) is 5.82 Å². The van der Waals surface area contributed by atoms with Gasteiger partial charge in [0, 0.05) is 13.6 Å². The summed E-state index contributed by atoms with van der Waals surface area (Å²) in [6.45, 7) is 0.773. The fourth-order valence-corrected chi connectivity index (χ4v) is 2.02. The van der Waals surface area contributed by atoms with E-state index in [1.165, 1.54) is 6.07 Å². The van der Waals surface area contributed by atoms with Crippen LogP contribution in [0.3, 0.4) is 0 Å². The Bertz CT molecular complexity index is 729. The molecule has 2 N–H and O–H groups in total. The number of hydrogen-bond donors (Lipinski definition) is 1. The minimum atomic E-state index is -0.319. The van der Waals surface area contributed by atoms with E-state index in [0.29, 0.717) is 30.1 Å². The summed E-state index contributed by atoms with van der Waals surface area (Å²) < 4.78 is 17.1. The van der Waals surface area contributed by atoms with Crippen molar-refractivity contribution < 1.29 is 4.39 Å². The fourth-order valence-electron chi connectivity index (χ4n) is 2.02. The first kappa shape index (κ1) is 11.8. The average Bonchev–Trinajstić information content (AvgIpc) is 2.98. The Hall–Kier alpha value is -2.28. The maximum atomic E-state index is 13.6. The van der Waals surface area contributed by atoms with Crippen LogP contribution in [0.1, 0.15) is 11.5 Å². The van der Waals surface area contributed by atoms with Crippen molar-refractivity contribution in [1.29, 1.82) is 0 Å². The second-order valence-corrected chi connectivity index (χ2v) is 4.31. The number of halogens is 1. The molecule has 0 saturated heterocycles. The third kappa shape index (κ3) is 1.97. The van der Waals surface area contributed by atoms with Crippen LogP contribution < -0.4 is 5.73 Å². The molecule has 0 saturated carbocycles.